The average molecular weight is 690 g/mol. The predicted octanol–water partition coefficient (Wildman–Crippen LogP) is 13.3. The summed E-state index contributed by atoms with van der Waals surface area (Å²) in [5.74, 6) is 0. The highest BCUT2D eigenvalue weighted by Gasteiger charge is 2.25. The fourth-order valence-corrected chi connectivity index (χ4v) is 8.00. The van der Waals surface area contributed by atoms with Gasteiger partial charge in [-0.25, -0.2) is 0 Å². The summed E-state index contributed by atoms with van der Waals surface area (Å²) >= 11 is 8.08. The van der Waals surface area contributed by atoms with Crippen LogP contribution in [0.15, 0.2) is 167 Å². The van der Waals surface area contributed by atoms with E-state index in [9.17, 15) is 0 Å². The van der Waals surface area contributed by atoms with Gasteiger partial charge in [0.15, 0.2) is 0 Å². The van der Waals surface area contributed by atoms with Gasteiger partial charge in [-0.3, -0.25) is 0 Å². The molecule has 0 spiro atoms. The van der Waals surface area contributed by atoms with Gasteiger partial charge in [-0.1, -0.05) is 146 Å². The number of halogens is 2. The first-order valence-electron chi connectivity index (χ1n) is 14.8. The van der Waals surface area contributed by atoms with Crippen molar-refractivity contribution in [2.45, 2.75) is 0 Å². The monoisotopic (exact) mass is 688 g/mol. The predicted molar refractivity (Wildman–Crippen MR) is 196 cm³/mol. The Kier molecular flexibility index (Phi) is 6.90. The Labute approximate surface area is 273 Å². The van der Waals surface area contributed by atoms with E-state index in [4.69, 9.17) is 0 Å². The summed E-state index contributed by atoms with van der Waals surface area (Å²) in [7, 11) is 0. The molecular formula is C42H26Br2. The molecular weight excluding hydrogens is 664 g/mol. The largest absolute Gasteiger partial charge is 0.0622 e. The number of fused-ring (bicyclic) bond motifs is 3. The molecule has 0 unspecified atom stereocenters. The van der Waals surface area contributed by atoms with Gasteiger partial charge in [0.2, 0.25) is 0 Å². The van der Waals surface area contributed by atoms with Gasteiger partial charge < -0.3 is 0 Å². The van der Waals surface area contributed by atoms with Crippen molar-refractivity contribution in [3.05, 3.63) is 167 Å². The number of hydrogen-bond acceptors (Lipinski definition) is 0. The Morgan fingerprint density at radius 2 is 0.523 bits per heavy atom. The molecule has 0 radical (unpaired) electrons. The van der Waals surface area contributed by atoms with Gasteiger partial charge in [0.1, 0.15) is 0 Å². The smallest absolute Gasteiger partial charge is 0.0333 e. The topological polar surface area (TPSA) is 0 Å². The first kappa shape index (κ1) is 27.1. The van der Waals surface area contributed by atoms with Crippen LogP contribution in [0.25, 0.3) is 76.8 Å². The zero-order valence-corrected chi connectivity index (χ0v) is 26.9. The van der Waals surface area contributed by atoms with Crippen LogP contribution in [0.3, 0.4) is 0 Å². The molecule has 0 saturated heterocycles. The highest BCUT2D eigenvalue weighted by atomic mass is 79.9. The molecule has 8 rings (SSSR count). The molecule has 0 N–H and O–H groups in total. The standard InChI is InChI=1S/C42H26Br2/c43-41-31-23-13-14-24-32(31)42(44)36-26-34-33(25-35(36)41)37(27-15-5-1-6-16-27)39(29-19-9-3-10-20-29)40(30-21-11-4-12-22-30)38(34)28-17-7-2-8-18-28/h1-26H. The zero-order valence-electron chi connectivity index (χ0n) is 23.8. The van der Waals surface area contributed by atoms with Crippen molar-refractivity contribution in [1.82, 2.24) is 0 Å². The van der Waals surface area contributed by atoms with Gasteiger partial charge in [-0.05, 0) is 121 Å². The summed E-state index contributed by atoms with van der Waals surface area (Å²) in [6, 6.07) is 56.9. The highest BCUT2D eigenvalue weighted by molar-refractivity contribution is 9.11. The summed E-state index contributed by atoms with van der Waals surface area (Å²) in [6.45, 7) is 0. The van der Waals surface area contributed by atoms with Crippen LogP contribution in [0, 0.1) is 0 Å². The van der Waals surface area contributed by atoms with Crippen molar-refractivity contribution in [2.75, 3.05) is 0 Å². The third-order valence-corrected chi connectivity index (χ3v) is 10.3. The molecule has 8 aromatic carbocycles. The maximum absolute atomic E-state index is 4.04. The number of hydrogen-bond donors (Lipinski definition) is 0. The molecule has 8 aromatic rings. The van der Waals surface area contributed by atoms with E-state index in [1.807, 2.05) is 0 Å². The second-order valence-corrected chi connectivity index (χ2v) is 12.7. The lowest BCUT2D eigenvalue weighted by Crippen LogP contribution is -1.98. The first-order valence-corrected chi connectivity index (χ1v) is 16.3. The molecule has 0 nitrogen and oxygen atoms in total. The van der Waals surface area contributed by atoms with Gasteiger partial charge in [0.25, 0.3) is 0 Å². The molecule has 0 bridgehead atoms. The van der Waals surface area contributed by atoms with Crippen molar-refractivity contribution in [2.24, 2.45) is 0 Å². The Morgan fingerprint density at radius 1 is 0.250 bits per heavy atom. The van der Waals surface area contributed by atoms with Gasteiger partial charge in [0, 0.05) is 8.95 Å². The molecule has 0 atom stereocenters. The quantitative estimate of drug-likeness (QED) is 0.161. The highest BCUT2D eigenvalue weighted by Crippen LogP contribution is 2.52. The fourth-order valence-electron chi connectivity index (χ4n) is 6.65. The minimum Gasteiger partial charge on any atom is -0.0622 e. The van der Waals surface area contributed by atoms with E-state index in [-0.39, 0.29) is 0 Å². The van der Waals surface area contributed by atoms with Crippen LogP contribution < -0.4 is 0 Å². The summed E-state index contributed by atoms with van der Waals surface area (Å²) in [6.07, 6.45) is 0. The Bertz CT molecular complexity index is 2140. The van der Waals surface area contributed by atoms with Crippen LogP contribution in [0.1, 0.15) is 0 Å². The van der Waals surface area contributed by atoms with E-state index in [1.54, 1.807) is 0 Å². The van der Waals surface area contributed by atoms with Crippen molar-refractivity contribution < 1.29 is 0 Å². The SMILES string of the molecule is Brc1c2ccccc2c(Br)c2cc3c(-c4ccccc4)c(-c4ccccc4)c(-c4ccccc4)c(-c4ccccc4)c3cc12. The third kappa shape index (κ3) is 4.40. The second-order valence-electron chi connectivity index (χ2n) is 11.1. The minimum absolute atomic E-state index is 1.11. The molecule has 0 saturated carbocycles. The van der Waals surface area contributed by atoms with Crippen LogP contribution in [-0.2, 0) is 0 Å². The van der Waals surface area contributed by atoms with E-state index < -0.39 is 0 Å². The summed E-state index contributed by atoms with van der Waals surface area (Å²) in [4.78, 5) is 0. The van der Waals surface area contributed by atoms with Crippen molar-refractivity contribution >= 4 is 64.2 Å². The van der Waals surface area contributed by atoms with Crippen LogP contribution >= 0.6 is 31.9 Å². The Hall–Kier alpha value is -4.50. The molecule has 2 heteroatoms. The molecule has 0 aliphatic rings. The molecule has 0 aromatic heterocycles. The normalized spacial score (nSPS) is 11.4. The number of rotatable bonds is 4. The molecule has 0 heterocycles. The molecule has 0 aliphatic carbocycles. The van der Waals surface area contributed by atoms with Gasteiger partial charge in [-0.2, -0.15) is 0 Å². The van der Waals surface area contributed by atoms with Crippen LogP contribution in [0.2, 0.25) is 0 Å². The zero-order chi connectivity index (χ0) is 29.6. The fraction of sp³-hybridized carbons (Fsp3) is 0. The molecule has 0 amide bonds. The van der Waals surface area contributed by atoms with Gasteiger partial charge in [0.05, 0.1) is 0 Å². The van der Waals surface area contributed by atoms with E-state index >= 15 is 0 Å². The lowest BCUT2D eigenvalue weighted by molar-refractivity contribution is 1.57. The second kappa shape index (κ2) is 11.2. The summed E-state index contributed by atoms with van der Waals surface area (Å²) < 4.78 is 2.23. The Balaban J connectivity index is 1.69. The van der Waals surface area contributed by atoms with Crippen LogP contribution in [0.5, 0.6) is 0 Å². The third-order valence-electron chi connectivity index (χ3n) is 8.57. The van der Waals surface area contributed by atoms with Crippen LogP contribution in [-0.4, -0.2) is 0 Å². The Morgan fingerprint density at radius 3 is 0.841 bits per heavy atom. The van der Waals surface area contributed by atoms with Crippen LogP contribution in [0.4, 0.5) is 0 Å². The van der Waals surface area contributed by atoms with E-state index in [2.05, 4.69) is 190 Å². The average Bonchev–Trinajstić information content (AvgIpc) is 3.10. The summed E-state index contributed by atoms with van der Waals surface area (Å²) in [5.41, 5.74) is 9.75. The summed E-state index contributed by atoms with van der Waals surface area (Å²) in [5, 5.41) is 7.21. The maximum atomic E-state index is 4.04. The first-order chi connectivity index (χ1) is 21.7. The lowest BCUT2D eigenvalue weighted by atomic mass is 9.78. The van der Waals surface area contributed by atoms with Crippen molar-refractivity contribution in [1.29, 1.82) is 0 Å². The molecule has 0 fully saturated rings. The molecule has 44 heavy (non-hydrogen) atoms. The van der Waals surface area contributed by atoms with Gasteiger partial charge in [-0.15, -0.1) is 0 Å². The van der Waals surface area contributed by atoms with E-state index in [0.717, 1.165) is 8.95 Å². The lowest BCUT2D eigenvalue weighted by Gasteiger charge is -2.25. The number of benzene rings is 8. The molecule has 0 aliphatic heterocycles. The molecule has 208 valence electrons. The van der Waals surface area contributed by atoms with E-state index in [1.165, 1.54) is 76.8 Å². The van der Waals surface area contributed by atoms with E-state index in [0.29, 0.717) is 0 Å². The van der Waals surface area contributed by atoms with Gasteiger partial charge >= 0.3 is 0 Å². The van der Waals surface area contributed by atoms with Crippen molar-refractivity contribution in [3.8, 4) is 44.5 Å². The minimum atomic E-state index is 1.11. The maximum Gasteiger partial charge on any atom is 0.0333 e. The van der Waals surface area contributed by atoms with Crippen molar-refractivity contribution in [3.63, 3.8) is 0 Å².